The molecule has 0 bridgehead atoms. The molecule has 0 amide bonds. The van der Waals surface area contributed by atoms with Crippen molar-refractivity contribution in [3.05, 3.63) is 34.9 Å². The number of nitrogens with one attached hydrogen (secondary N) is 1. The van der Waals surface area contributed by atoms with E-state index in [4.69, 9.17) is 5.11 Å². The van der Waals surface area contributed by atoms with Gasteiger partial charge in [-0.25, -0.2) is 0 Å². The van der Waals surface area contributed by atoms with Gasteiger partial charge in [-0.3, -0.25) is 0 Å². The van der Waals surface area contributed by atoms with Crippen LogP contribution in [0.3, 0.4) is 0 Å². The standard InChI is InChI=1S/C13H19NO/c1-10-4-2-5-12-11(10)6-7-13(12)14-8-3-9-15/h2,4-5,13-15H,3,6-9H2,1H3. The number of aryl methyl sites for hydroxylation is 1. The Bertz CT molecular complexity index is 335. The molecular formula is C13H19NO. The molecule has 0 saturated heterocycles. The van der Waals surface area contributed by atoms with Crippen molar-refractivity contribution >= 4 is 0 Å². The predicted octanol–water partition coefficient (Wildman–Crippen LogP) is 1.95. The first kappa shape index (κ1) is 10.7. The van der Waals surface area contributed by atoms with E-state index in [2.05, 4.69) is 30.4 Å². The highest BCUT2D eigenvalue weighted by molar-refractivity contribution is 5.40. The molecular weight excluding hydrogens is 186 g/mol. The van der Waals surface area contributed by atoms with Gasteiger partial charge in [0.2, 0.25) is 0 Å². The molecule has 82 valence electrons. The van der Waals surface area contributed by atoms with E-state index >= 15 is 0 Å². The molecule has 2 nitrogen and oxygen atoms in total. The quantitative estimate of drug-likeness (QED) is 0.736. The number of benzene rings is 1. The van der Waals surface area contributed by atoms with Crippen LogP contribution in [0.1, 0.15) is 35.6 Å². The van der Waals surface area contributed by atoms with Gasteiger partial charge >= 0.3 is 0 Å². The Kier molecular flexibility index (Phi) is 3.39. The maximum atomic E-state index is 8.74. The van der Waals surface area contributed by atoms with Gasteiger partial charge in [0.1, 0.15) is 0 Å². The lowest BCUT2D eigenvalue weighted by atomic mass is 10.0. The summed E-state index contributed by atoms with van der Waals surface area (Å²) in [5.41, 5.74) is 4.41. The predicted molar refractivity (Wildman–Crippen MR) is 61.9 cm³/mol. The Balaban J connectivity index is 2.05. The molecule has 0 aliphatic heterocycles. The summed E-state index contributed by atoms with van der Waals surface area (Å²) in [6, 6.07) is 7.06. The fourth-order valence-corrected chi connectivity index (χ4v) is 2.40. The van der Waals surface area contributed by atoms with E-state index in [1.165, 1.54) is 29.5 Å². The number of hydrogen-bond acceptors (Lipinski definition) is 2. The zero-order chi connectivity index (χ0) is 10.7. The van der Waals surface area contributed by atoms with Gasteiger partial charge in [-0.2, -0.15) is 0 Å². The van der Waals surface area contributed by atoms with Crippen molar-refractivity contribution in [1.29, 1.82) is 0 Å². The topological polar surface area (TPSA) is 32.3 Å². The lowest BCUT2D eigenvalue weighted by molar-refractivity contribution is 0.283. The van der Waals surface area contributed by atoms with Gasteiger partial charge in [0.15, 0.2) is 0 Å². The third-order valence-corrected chi connectivity index (χ3v) is 3.23. The van der Waals surface area contributed by atoms with Gasteiger partial charge in [-0.1, -0.05) is 18.2 Å². The molecule has 1 atom stereocenters. The van der Waals surface area contributed by atoms with Crippen LogP contribution in [-0.2, 0) is 6.42 Å². The van der Waals surface area contributed by atoms with E-state index in [9.17, 15) is 0 Å². The van der Waals surface area contributed by atoms with Crippen LogP contribution in [0.5, 0.6) is 0 Å². The van der Waals surface area contributed by atoms with Gasteiger partial charge in [0.05, 0.1) is 0 Å². The van der Waals surface area contributed by atoms with Crippen LogP contribution in [-0.4, -0.2) is 18.3 Å². The van der Waals surface area contributed by atoms with Crippen molar-refractivity contribution in [3.63, 3.8) is 0 Å². The number of rotatable bonds is 4. The summed E-state index contributed by atoms with van der Waals surface area (Å²) >= 11 is 0. The van der Waals surface area contributed by atoms with Gasteiger partial charge in [0, 0.05) is 12.6 Å². The van der Waals surface area contributed by atoms with Gasteiger partial charge < -0.3 is 10.4 Å². The lowest BCUT2D eigenvalue weighted by Gasteiger charge is -2.13. The molecule has 0 heterocycles. The van der Waals surface area contributed by atoms with E-state index in [1.54, 1.807) is 0 Å². The van der Waals surface area contributed by atoms with Crippen LogP contribution in [0.25, 0.3) is 0 Å². The summed E-state index contributed by atoms with van der Waals surface area (Å²) in [6.07, 6.45) is 3.24. The van der Waals surface area contributed by atoms with Crippen LogP contribution in [0, 0.1) is 6.92 Å². The highest BCUT2D eigenvalue weighted by Crippen LogP contribution is 2.32. The summed E-state index contributed by atoms with van der Waals surface area (Å²) in [6.45, 7) is 3.38. The minimum absolute atomic E-state index is 0.278. The highest BCUT2D eigenvalue weighted by atomic mass is 16.3. The molecule has 2 N–H and O–H groups in total. The first-order chi connectivity index (χ1) is 7.33. The molecule has 0 radical (unpaired) electrons. The average Bonchev–Trinajstić information content (AvgIpc) is 2.64. The molecule has 0 spiro atoms. The summed E-state index contributed by atoms with van der Waals surface area (Å²) < 4.78 is 0. The monoisotopic (exact) mass is 205 g/mol. The second-order valence-corrected chi connectivity index (χ2v) is 4.27. The highest BCUT2D eigenvalue weighted by Gasteiger charge is 2.22. The van der Waals surface area contributed by atoms with Crippen molar-refractivity contribution in [2.45, 2.75) is 32.2 Å². The number of fused-ring (bicyclic) bond motifs is 1. The van der Waals surface area contributed by atoms with Gasteiger partial charge in [-0.15, -0.1) is 0 Å². The first-order valence-electron chi connectivity index (χ1n) is 5.75. The maximum Gasteiger partial charge on any atom is 0.0443 e. The van der Waals surface area contributed by atoms with Crippen molar-refractivity contribution in [1.82, 2.24) is 5.32 Å². The Morgan fingerprint density at radius 2 is 2.33 bits per heavy atom. The molecule has 1 aliphatic carbocycles. The molecule has 1 unspecified atom stereocenters. The van der Waals surface area contributed by atoms with E-state index in [-0.39, 0.29) is 6.61 Å². The van der Waals surface area contributed by atoms with E-state index in [0.717, 1.165) is 13.0 Å². The minimum Gasteiger partial charge on any atom is -0.396 e. The normalized spacial score (nSPS) is 19.2. The number of hydrogen-bond donors (Lipinski definition) is 2. The summed E-state index contributed by atoms with van der Waals surface area (Å²) in [4.78, 5) is 0. The molecule has 1 aromatic rings. The zero-order valence-corrected chi connectivity index (χ0v) is 9.29. The molecule has 1 aliphatic rings. The second kappa shape index (κ2) is 4.77. The third kappa shape index (κ3) is 2.21. The largest absolute Gasteiger partial charge is 0.396 e. The maximum absolute atomic E-state index is 8.74. The van der Waals surface area contributed by atoms with Crippen molar-refractivity contribution in [2.24, 2.45) is 0 Å². The van der Waals surface area contributed by atoms with Crippen LogP contribution < -0.4 is 5.32 Å². The van der Waals surface area contributed by atoms with Gasteiger partial charge in [0.25, 0.3) is 0 Å². The second-order valence-electron chi connectivity index (χ2n) is 4.27. The molecule has 2 heteroatoms. The Hall–Kier alpha value is -0.860. The van der Waals surface area contributed by atoms with Gasteiger partial charge in [-0.05, 0) is 49.4 Å². The van der Waals surface area contributed by atoms with Crippen molar-refractivity contribution < 1.29 is 5.11 Å². The van der Waals surface area contributed by atoms with Crippen LogP contribution >= 0.6 is 0 Å². The molecule has 0 saturated carbocycles. The molecule has 0 aromatic heterocycles. The lowest BCUT2D eigenvalue weighted by Crippen LogP contribution is -2.21. The average molecular weight is 205 g/mol. The van der Waals surface area contributed by atoms with E-state index in [0.29, 0.717) is 6.04 Å². The molecule has 15 heavy (non-hydrogen) atoms. The third-order valence-electron chi connectivity index (χ3n) is 3.23. The van der Waals surface area contributed by atoms with Crippen LogP contribution in [0.2, 0.25) is 0 Å². The number of aliphatic hydroxyl groups is 1. The SMILES string of the molecule is Cc1cccc2c1CCC2NCCCO. The Morgan fingerprint density at radius 1 is 1.47 bits per heavy atom. The Labute approximate surface area is 91.3 Å². The van der Waals surface area contributed by atoms with E-state index in [1.807, 2.05) is 0 Å². The summed E-state index contributed by atoms with van der Waals surface area (Å²) in [7, 11) is 0. The van der Waals surface area contributed by atoms with E-state index < -0.39 is 0 Å². The summed E-state index contributed by atoms with van der Waals surface area (Å²) in [5, 5.41) is 12.2. The summed E-state index contributed by atoms with van der Waals surface area (Å²) in [5.74, 6) is 0. The van der Waals surface area contributed by atoms with Crippen molar-refractivity contribution in [2.75, 3.05) is 13.2 Å². The first-order valence-corrected chi connectivity index (χ1v) is 5.75. The molecule has 0 fully saturated rings. The van der Waals surface area contributed by atoms with Crippen LogP contribution in [0.15, 0.2) is 18.2 Å². The zero-order valence-electron chi connectivity index (χ0n) is 9.29. The van der Waals surface area contributed by atoms with Crippen molar-refractivity contribution in [3.8, 4) is 0 Å². The fourth-order valence-electron chi connectivity index (χ4n) is 2.40. The smallest absolute Gasteiger partial charge is 0.0443 e. The molecule has 2 rings (SSSR count). The minimum atomic E-state index is 0.278. The molecule has 1 aromatic carbocycles. The Morgan fingerprint density at radius 3 is 3.13 bits per heavy atom. The number of aliphatic hydroxyl groups excluding tert-OH is 1. The fraction of sp³-hybridized carbons (Fsp3) is 0.538. The van der Waals surface area contributed by atoms with Crippen LogP contribution in [0.4, 0.5) is 0 Å².